The second kappa shape index (κ2) is 10.4. The maximum atomic E-state index is 12.9. The third-order valence-corrected chi connectivity index (χ3v) is 6.49. The lowest BCUT2D eigenvalue weighted by Gasteiger charge is -2.19. The van der Waals surface area contributed by atoms with Gasteiger partial charge in [-0.15, -0.1) is 0 Å². The van der Waals surface area contributed by atoms with E-state index in [-0.39, 0.29) is 23.5 Å². The number of carboxylic acids is 1. The molecule has 0 bridgehead atoms. The van der Waals surface area contributed by atoms with Crippen LogP contribution in [0, 0.1) is 0 Å². The van der Waals surface area contributed by atoms with Crippen molar-refractivity contribution in [2.75, 3.05) is 25.6 Å². The summed E-state index contributed by atoms with van der Waals surface area (Å²) >= 11 is 0. The maximum Gasteiger partial charge on any atom is 0.305 e. The summed E-state index contributed by atoms with van der Waals surface area (Å²) in [7, 11) is -0.599. The summed E-state index contributed by atoms with van der Waals surface area (Å²) in [4.78, 5) is 28.1. The predicted molar refractivity (Wildman–Crippen MR) is 124 cm³/mol. The lowest BCUT2D eigenvalue weighted by atomic mass is 10.1. The van der Waals surface area contributed by atoms with Crippen LogP contribution in [0.1, 0.15) is 12.0 Å². The number of benzene rings is 2. The Morgan fingerprint density at radius 2 is 2.00 bits per heavy atom. The average molecular weight is 472 g/mol. The molecule has 33 heavy (non-hydrogen) atoms. The Hall–Kier alpha value is -3.50. The van der Waals surface area contributed by atoms with Crippen LogP contribution in [0.5, 0.6) is 5.75 Å². The fourth-order valence-electron chi connectivity index (χ4n) is 3.33. The van der Waals surface area contributed by atoms with Gasteiger partial charge in [-0.25, -0.2) is 13.1 Å². The molecule has 0 saturated heterocycles. The van der Waals surface area contributed by atoms with Gasteiger partial charge >= 0.3 is 5.97 Å². The Labute approximate surface area is 192 Å². The van der Waals surface area contributed by atoms with Gasteiger partial charge in [0.2, 0.25) is 10.0 Å². The Bertz CT molecular complexity index is 1250. The highest BCUT2D eigenvalue weighted by Crippen LogP contribution is 2.29. The molecule has 0 aliphatic rings. The molecule has 1 unspecified atom stereocenters. The van der Waals surface area contributed by atoms with Crippen LogP contribution in [0.15, 0.2) is 59.6 Å². The molecule has 174 valence electrons. The van der Waals surface area contributed by atoms with E-state index in [1.54, 1.807) is 23.2 Å². The summed E-state index contributed by atoms with van der Waals surface area (Å²) in [6, 6.07) is 12.8. The minimum absolute atomic E-state index is 0.104. The molecule has 0 aliphatic heterocycles. The molecule has 3 rings (SSSR count). The summed E-state index contributed by atoms with van der Waals surface area (Å²) in [6.45, 7) is 0.194. The fraction of sp³-hybridized carbons (Fsp3) is 0.261. The van der Waals surface area contributed by atoms with Crippen LogP contribution in [0.4, 0.5) is 5.69 Å². The zero-order valence-electron chi connectivity index (χ0n) is 18.3. The molecule has 2 N–H and O–H groups in total. The summed E-state index contributed by atoms with van der Waals surface area (Å²) < 4.78 is 33.9. The number of carbonyl (C=O) groups excluding carboxylic acids is 1. The molecule has 1 atom stereocenters. The van der Waals surface area contributed by atoms with Crippen molar-refractivity contribution < 1.29 is 27.9 Å². The number of fused-ring (bicyclic) bond motifs is 1. The second-order valence-electron chi connectivity index (χ2n) is 7.57. The Morgan fingerprint density at radius 3 is 2.70 bits per heavy atom. The van der Waals surface area contributed by atoms with Gasteiger partial charge in [0, 0.05) is 43.9 Å². The van der Waals surface area contributed by atoms with Gasteiger partial charge in [-0.05, 0) is 29.8 Å². The van der Waals surface area contributed by atoms with E-state index in [0.717, 1.165) is 22.2 Å². The first-order valence-corrected chi connectivity index (χ1v) is 11.7. The van der Waals surface area contributed by atoms with Crippen LogP contribution < -0.4 is 14.4 Å². The van der Waals surface area contributed by atoms with Crippen LogP contribution >= 0.6 is 0 Å². The largest absolute Gasteiger partial charge is 0.492 e. The maximum absolute atomic E-state index is 12.9. The Kier molecular flexibility index (Phi) is 7.62. The third kappa shape index (κ3) is 6.05. The number of rotatable bonds is 11. The first-order valence-electron chi connectivity index (χ1n) is 10.2. The van der Waals surface area contributed by atoms with Crippen molar-refractivity contribution in [3.05, 3.63) is 60.3 Å². The van der Waals surface area contributed by atoms with Gasteiger partial charge < -0.3 is 19.5 Å². The van der Waals surface area contributed by atoms with Crippen molar-refractivity contribution in [2.24, 2.45) is 0 Å². The van der Waals surface area contributed by atoms with Crippen molar-refractivity contribution in [1.82, 2.24) is 9.71 Å². The number of nitrogens with one attached hydrogen (secondary N) is 1. The number of hydrogen-bond acceptors (Lipinski definition) is 7. The number of aromatic nitrogens is 1. The molecule has 3 aromatic rings. The van der Waals surface area contributed by atoms with Gasteiger partial charge in [0.1, 0.15) is 16.9 Å². The van der Waals surface area contributed by atoms with Gasteiger partial charge in [-0.1, -0.05) is 18.2 Å². The third-order valence-electron chi connectivity index (χ3n) is 4.96. The minimum atomic E-state index is -4.22. The fourth-order valence-corrected chi connectivity index (χ4v) is 4.63. The molecule has 1 aromatic heterocycles. The molecule has 0 spiro atoms. The van der Waals surface area contributed by atoms with Crippen LogP contribution in [-0.2, 0) is 26.0 Å². The summed E-state index contributed by atoms with van der Waals surface area (Å²) in [5, 5.41) is 9.89. The van der Waals surface area contributed by atoms with Crippen LogP contribution in [0.3, 0.4) is 0 Å². The van der Waals surface area contributed by atoms with Crippen molar-refractivity contribution in [3.63, 3.8) is 0 Å². The van der Waals surface area contributed by atoms with Gasteiger partial charge in [0.25, 0.3) is 0 Å². The highest BCUT2D eigenvalue weighted by molar-refractivity contribution is 7.89. The van der Waals surface area contributed by atoms with Crippen molar-refractivity contribution in [1.29, 1.82) is 0 Å². The summed E-state index contributed by atoms with van der Waals surface area (Å²) in [5.74, 6) is -1.19. The number of sulfonamides is 1. The zero-order chi connectivity index (χ0) is 24.0. The number of pyridine rings is 1. The molecule has 0 fully saturated rings. The highest BCUT2D eigenvalue weighted by atomic mass is 32.2. The molecule has 1 heterocycles. The lowest BCUT2D eigenvalue weighted by molar-refractivity contribution is -0.138. The molecular weight excluding hydrogens is 446 g/mol. The lowest BCUT2D eigenvalue weighted by Crippen LogP contribution is -2.37. The second-order valence-corrected chi connectivity index (χ2v) is 9.26. The zero-order valence-corrected chi connectivity index (χ0v) is 19.1. The molecule has 0 saturated carbocycles. The number of nitrogens with zero attached hydrogens (tertiary/aromatic N) is 2. The number of carbonyl (C=O) groups is 2. The first kappa shape index (κ1) is 24.1. The minimum Gasteiger partial charge on any atom is -0.492 e. The van der Waals surface area contributed by atoms with Gasteiger partial charge in [0.05, 0.1) is 24.6 Å². The van der Waals surface area contributed by atoms with E-state index in [0.29, 0.717) is 6.42 Å². The van der Waals surface area contributed by atoms with Crippen LogP contribution in [-0.4, -0.2) is 57.5 Å². The quantitative estimate of drug-likeness (QED) is 0.408. The van der Waals surface area contributed by atoms with Gasteiger partial charge in [-0.2, -0.15) is 0 Å². The molecule has 10 heteroatoms. The van der Waals surface area contributed by atoms with E-state index in [4.69, 9.17) is 9.84 Å². The number of anilines is 1. The van der Waals surface area contributed by atoms with Gasteiger partial charge in [0.15, 0.2) is 0 Å². The molecule has 0 radical (unpaired) electrons. The van der Waals surface area contributed by atoms with Gasteiger partial charge in [-0.3, -0.25) is 9.78 Å². The number of aliphatic carboxylic acids is 1. The highest BCUT2D eigenvalue weighted by Gasteiger charge is 2.25. The summed E-state index contributed by atoms with van der Waals surface area (Å²) in [6.07, 6.45) is 1.83. The smallest absolute Gasteiger partial charge is 0.305 e. The van der Waals surface area contributed by atoms with Crippen molar-refractivity contribution in [2.45, 2.75) is 23.8 Å². The number of ether oxygens (including phenoxy) is 1. The molecule has 0 amide bonds. The summed E-state index contributed by atoms with van der Waals surface area (Å²) in [5.41, 5.74) is 2.58. The topological polar surface area (TPSA) is 126 Å². The van der Waals surface area contributed by atoms with Crippen LogP contribution in [0.2, 0.25) is 0 Å². The monoisotopic (exact) mass is 471 g/mol. The van der Waals surface area contributed by atoms with E-state index in [9.17, 15) is 18.0 Å². The number of hydrogen-bond donors (Lipinski definition) is 2. The predicted octanol–water partition coefficient (Wildman–Crippen LogP) is 2.24. The number of carboxylic acid groups (broad SMARTS) is 1. The van der Waals surface area contributed by atoms with Crippen molar-refractivity contribution >= 4 is 38.9 Å². The average Bonchev–Trinajstić information content (AvgIpc) is 2.78. The Morgan fingerprint density at radius 1 is 1.21 bits per heavy atom. The SMILES string of the molecule is CN(C)c1ccc(S(=O)(=O)NC(C=O)CC(=O)O)c(OCCc2cccc3ncccc23)c1. The van der Waals surface area contributed by atoms with E-state index in [2.05, 4.69) is 9.71 Å². The van der Waals surface area contributed by atoms with E-state index in [1.165, 1.54) is 6.07 Å². The normalized spacial score (nSPS) is 12.3. The van der Waals surface area contributed by atoms with Crippen LogP contribution in [0.25, 0.3) is 10.9 Å². The molecule has 0 aliphatic carbocycles. The standard InChI is InChI=1S/C23H25N3O6S/c1-26(2)18-8-9-22(33(30,31)25-17(15-27)13-23(28)29)21(14-18)32-12-10-16-5-3-7-20-19(16)6-4-11-24-20/h3-9,11,14-15,17,25H,10,12-13H2,1-2H3,(H,28,29). The van der Waals surface area contributed by atoms with E-state index < -0.39 is 28.5 Å². The molecule has 9 nitrogen and oxygen atoms in total. The van der Waals surface area contributed by atoms with E-state index >= 15 is 0 Å². The molecular formula is C23H25N3O6S. The van der Waals surface area contributed by atoms with Crippen molar-refractivity contribution in [3.8, 4) is 5.75 Å². The molecule has 2 aromatic carbocycles. The van der Waals surface area contributed by atoms with E-state index in [1.807, 2.05) is 44.4 Å². The first-order chi connectivity index (χ1) is 15.7. The Balaban J connectivity index is 1.86. The number of aldehydes is 1.